The highest BCUT2D eigenvalue weighted by atomic mass is 16.5. The second-order valence-corrected chi connectivity index (χ2v) is 2.63. The van der Waals surface area contributed by atoms with Gasteiger partial charge in [-0.05, 0) is 0 Å². The molecule has 1 aliphatic rings. The Kier molecular flexibility index (Phi) is 0.910. The summed E-state index contributed by atoms with van der Waals surface area (Å²) < 4.78 is 7.19. The van der Waals surface area contributed by atoms with Crippen molar-refractivity contribution >= 4 is 0 Å². The molecule has 3 heterocycles. The van der Waals surface area contributed by atoms with Gasteiger partial charge in [0, 0.05) is 12.4 Å². The lowest BCUT2D eigenvalue weighted by Gasteiger charge is -2.13. The van der Waals surface area contributed by atoms with Gasteiger partial charge in [0.25, 0.3) is 0 Å². The van der Waals surface area contributed by atoms with Crippen LogP contribution in [-0.4, -0.2) is 20.0 Å². The van der Waals surface area contributed by atoms with Crippen LogP contribution in [0.25, 0.3) is 5.69 Å². The van der Waals surface area contributed by atoms with E-state index in [0.717, 1.165) is 17.1 Å². The van der Waals surface area contributed by atoms with Gasteiger partial charge in [0.2, 0.25) is 0 Å². The molecule has 0 amide bonds. The molecule has 60 valence electrons. The summed E-state index contributed by atoms with van der Waals surface area (Å²) in [5.41, 5.74) is 1.90. The molecule has 12 heavy (non-hydrogen) atoms. The first-order chi connectivity index (χ1) is 5.95. The van der Waals surface area contributed by atoms with E-state index in [2.05, 4.69) is 15.3 Å². The Hall–Kier alpha value is -1.78. The molecule has 0 spiro atoms. The lowest BCUT2D eigenvalue weighted by molar-refractivity contribution is 0.282. The summed E-state index contributed by atoms with van der Waals surface area (Å²) in [4.78, 5) is 2.96. The van der Waals surface area contributed by atoms with E-state index in [-0.39, 0.29) is 0 Å². The number of nitrogens with one attached hydrogen (secondary N) is 1. The molecule has 0 bridgehead atoms. The summed E-state index contributed by atoms with van der Waals surface area (Å²) >= 11 is 0. The quantitative estimate of drug-likeness (QED) is 0.613. The topological polar surface area (TPSA) is 55.7 Å². The zero-order valence-electron chi connectivity index (χ0n) is 6.19. The minimum absolute atomic E-state index is 0.540. The van der Waals surface area contributed by atoms with Crippen LogP contribution in [0.5, 0.6) is 5.75 Å². The van der Waals surface area contributed by atoms with E-state index >= 15 is 0 Å². The van der Waals surface area contributed by atoms with Crippen molar-refractivity contribution in [1.82, 2.24) is 20.0 Å². The number of H-pyrrole nitrogens is 1. The van der Waals surface area contributed by atoms with Gasteiger partial charge in [-0.15, -0.1) is 5.10 Å². The number of fused-ring (bicyclic) bond motifs is 3. The standard InChI is InChI=1S/C7H6N4O/c1-5-4-12-7-3-8-2-6(7)11(5)10-9-1/h1-3,8H,4H2. The molecule has 0 saturated carbocycles. The van der Waals surface area contributed by atoms with E-state index in [4.69, 9.17) is 4.74 Å². The van der Waals surface area contributed by atoms with E-state index in [1.165, 1.54) is 0 Å². The Morgan fingerprint density at radius 1 is 1.50 bits per heavy atom. The van der Waals surface area contributed by atoms with E-state index in [1.807, 2.05) is 6.20 Å². The highest BCUT2D eigenvalue weighted by molar-refractivity contribution is 5.46. The van der Waals surface area contributed by atoms with Gasteiger partial charge in [0.15, 0.2) is 5.75 Å². The molecule has 2 aromatic heterocycles. The van der Waals surface area contributed by atoms with Crippen LogP contribution in [0.1, 0.15) is 5.69 Å². The van der Waals surface area contributed by atoms with Crippen molar-refractivity contribution in [3.63, 3.8) is 0 Å². The van der Waals surface area contributed by atoms with Gasteiger partial charge in [0.1, 0.15) is 18.0 Å². The van der Waals surface area contributed by atoms with Gasteiger partial charge < -0.3 is 9.72 Å². The van der Waals surface area contributed by atoms with Crippen LogP contribution in [0.2, 0.25) is 0 Å². The van der Waals surface area contributed by atoms with Crippen molar-refractivity contribution in [3.05, 3.63) is 24.3 Å². The van der Waals surface area contributed by atoms with Crippen LogP contribution in [0.15, 0.2) is 18.6 Å². The first-order valence-electron chi connectivity index (χ1n) is 3.65. The maximum atomic E-state index is 5.42. The second kappa shape index (κ2) is 1.88. The zero-order valence-corrected chi connectivity index (χ0v) is 6.19. The molecule has 5 nitrogen and oxygen atoms in total. The second-order valence-electron chi connectivity index (χ2n) is 2.63. The largest absolute Gasteiger partial charge is 0.483 e. The minimum atomic E-state index is 0.540. The van der Waals surface area contributed by atoms with Crippen LogP contribution < -0.4 is 4.74 Å². The Morgan fingerprint density at radius 2 is 2.50 bits per heavy atom. The Morgan fingerprint density at radius 3 is 3.50 bits per heavy atom. The molecule has 1 N–H and O–H groups in total. The molecule has 0 fully saturated rings. The fourth-order valence-electron chi connectivity index (χ4n) is 1.33. The van der Waals surface area contributed by atoms with Crippen molar-refractivity contribution in [3.8, 4) is 11.4 Å². The maximum absolute atomic E-state index is 5.42. The fourth-order valence-corrected chi connectivity index (χ4v) is 1.33. The number of rotatable bonds is 0. The van der Waals surface area contributed by atoms with Crippen molar-refractivity contribution in [2.75, 3.05) is 0 Å². The van der Waals surface area contributed by atoms with Crippen LogP contribution >= 0.6 is 0 Å². The van der Waals surface area contributed by atoms with Crippen molar-refractivity contribution in [2.45, 2.75) is 6.61 Å². The molecule has 0 aliphatic carbocycles. The molecule has 2 aromatic rings. The van der Waals surface area contributed by atoms with Crippen LogP contribution in [0.3, 0.4) is 0 Å². The molecule has 0 saturated heterocycles. The summed E-state index contributed by atoms with van der Waals surface area (Å²) in [6.07, 6.45) is 5.35. The molecule has 1 aliphatic heterocycles. The predicted molar refractivity (Wildman–Crippen MR) is 40.0 cm³/mol. The molecule has 0 unspecified atom stereocenters. The summed E-state index contributed by atoms with van der Waals surface area (Å²) in [7, 11) is 0. The highest BCUT2D eigenvalue weighted by Crippen LogP contribution is 2.27. The van der Waals surface area contributed by atoms with Crippen LogP contribution in [-0.2, 0) is 6.61 Å². The zero-order chi connectivity index (χ0) is 7.97. The van der Waals surface area contributed by atoms with Crippen molar-refractivity contribution in [1.29, 1.82) is 0 Å². The smallest absolute Gasteiger partial charge is 0.163 e. The lowest BCUT2D eigenvalue weighted by Crippen LogP contribution is -2.11. The van der Waals surface area contributed by atoms with E-state index < -0.39 is 0 Å². The van der Waals surface area contributed by atoms with E-state index in [1.54, 1.807) is 17.1 Å². The monoisotopic (exact) mass is 162 g/mol. The third-order valence-corrected chi connectivity index (χ3v) is 1.91. The fraction of sp³-hybridized carbons (Fsp3) is 0.143. The summed E-state index contributed by atoms with van der Waals surface area (Å²) in [6.45, 7) is 0.540. The summed E-state index contributed by atoms with van der Waals surface area (Å²) in [6, 6.07) is 0. The number of hydrogen-bond acceptors (Lipinski definition) is 3. The molecule has 3 rings (SSSR count). The minimum Gasteiger partial charge on any atom is -0.483 e. The van der Waals surface area contributed by atoms with E-state index in [9.17, 15) is 0 Å². The van der Waals surface area contributed by atoms with Crippen molar-refractivity contribution in [2.24, 2.45) is 0 Å². The normalized spacial score (nSPS) is 13.3. The lowest BCUT2D eigenvalue weighted by atomic mass is 10.4. The number of hydrogen-bond donors (Lipinski definition) is 1. The van der Waals surface area contributed by atoms with Crippen molar-refractivity contribution < 1.29 is 4.74 Å². The summed E-state index contributed by atoms with van der Waals surface area (Å²) in [5.74, 6) is 0.827. The van der Waals surface area contributed by atoms with Crippen LogP contribution in [0, 0.1) is 0 Å². The first kappa shape index (κ1) is 5.82. The number of aromatic nitrogens is 4. The molecular formula is C7H6N4O. The van der Waals surface area contributed by atoms with Gasteiger partial charge in [0.05, 0.1) is 6.20 Å². The van der Waals surface area contributed by atoms with Gasteiger partial charge in [-0.25, -0.2) is 4.68 Å². The van der Waals surface area contributed by atoms with Gasteiger partial charge in [-0.1, -0.05) is 5.21 Å². The third-order valence-electron chi connectivity index (χ3n) is 1.91. The number of nitrogens with zero attached hydrogens (tertiary/aromatic N) is 3. The molecular weight excluding hydrogens is 156 g/mol. The maximum Gasteiger partial charge on any atom is 0.163 e. The molecule has 0 radical (unpaired) electrons. The average molecular weight is 162 g/mol. The highest BCUT2D eigenvalue weighted by Gasteiger charge is 2.17. The van der Waals surface area contributed by atoms with E-state index in [0.29, 0.717) is 6.61 Å². The molecule has 0 aromatic carbocycles. The Labute approximate surface area is 68.0 Å². The summed E-state index contributed by atoms with van der Waals surface area (Å²) in [5, 5.41) is 7.74. The SMILES string of the molecule is c1[nH]cc2c1OCc1cnnn1-2. The average Bonchev–Trinajstić information content (AvgIpc) is 2.71. The van der Waals surface area contributed by atoms with Gasteiger partial charge >= 0.3 is 0 Å². The third kappa shape index (κ3) is 0.578. The Bertz CT molecular complexity index is 376. The molecule has 5 heteroatoms. The molecule has 0 atom stereocenters. The van der Waals surface area contributed by atoms with Gasteiger partial charge in [-0.2, -0.15) is 0 Å². The first-order valence-corrected chi connectivity index (χ1v) is 3.65. The number of ether oxygens (including phenoxy) is 1. The predicted octanol–water partition coefficient (Wildman–Crippen LogP) is 0.488. The Balaban J connectivity index is 2.32. The number of aromatic amines is 1. The van der Waals surface area contributed by atoms with Gasteiger partial charge in [-0.3, -0.25) is 0 Å². The van der Waals surface area contributed by atoms with Crippen LogP contribution in [0.4, 0.5) is 0 Å².